The molecule has 20 heavy (non-hydrogen) atoms. The van der Waals surface area contributed by atoms with Crippen LogP contribution in [-0.4, -0.2) is 26.0 Å². The highest BCUT2D eigenvalue weighted by Crippen LogP contribution is 2.25. The van der Waals surface area contributed by atoms with Crippen molar-refractivity contribution in [2.75, 3.05) is 11.5 Å². The van der Waals surface area contributed by atoms with Crippen molar-refractivity contribution in [3.8, 4) is 0 Å². The van der Waals surface area contributed by atoms with Crippen molar-refractivity contribution in [1.82, 2.24) is 5.32 Å². The van der Waals surface area contributed by atoms with E-state index in [9.17, 15) is 8.42 Å². The van der Waals surface area contributed by atoms with Crippen LogP contribution in [0.5, 0.6) is 0 Å². The van der Waals surface area contributed by atoms with Gasteiger partial charge in [0.15, 0.2) is 9.84 Å². The lowest BCUT2D eigenvalue weighted by atomic mass is 10.1. The standard InChI is InChI=1S/C15H19NO3S/c1-11(16-13-6-4-8-20(17,18)10-13)15-9-12-5-2-3-7-14(12)19-15/h2-3,5,7,9,11,13,16H,4,6,8,10H2,1H3. The summed E-state index contributed by atoms with van der Waals surface area (Å²) in [7, 11) is -2.88. The molecule has 0 amide bonds. The van der Waals surface area contributed by atoms with Gasteiger partial charge in [-0.1, -0.05) is 18.2 Å². The van der Waals surface area contributed by atoms with Crippen LogP contribution in [0.3, 0.4) is 0 Å². The van der Waals surface area contributed by atoms with Crippen molar-refractivity contribution in [3.05, 3.63) is 36.1 Å². The predicted octanol–water partition coefficient (Wildman–Crippen LogP) is 2.66. The van der Waals surface area contributed by atoms with Crippen molar-refractivity contribution < 1.29 is 12.8 Å². The van der Waals surface area contributed by atoms with E-state index in [1.807, 2.05) is 37.3 Å². The first-order valence-corrected chi connectivity index (χ1v) is 8.80. The smallest absolute Gasteiger partial charge is 0.151 e. The highest BCUT2D eigenvalue weighted by molar-refractivity contribution is 7.91. The molecule has 1 aromatic heterocycles. The maximum absolute atomic E-state index is 11.7. The minimum Gasteiger partial charge on any atom is -0.459 e. The van der Waals surface area contributed by atoms with Crippen molar-refractivity contribution in [3.63, 3.8) is 0 Å². The normalized spacial score (nSPS) is 23.8. The first kappa shape index (κ1) is 13.6. The van der Waals surface area contributed by atoms with Gasteiger partial charge >= 0.3 is 0 Å². The molecule has 1 aliphatic heterocycles. The van der Waals surface area contributed by atoms with E-state index in [0.29, 0.717) is 5.75 Å². The van der Waals surface area contributed by atoms with Crippen molar-refractivity contribution in [2.45, 2.75) is 31.8 Å². The second-order valence-corrected chi connectivity index (χ2v) is 7.76. The molecule has 3 rings (SSSR count). The quantitative estimate of drug-likeness (QED) is 0.945. The molecule has 2 atom stereocenters. The Hall–Kier alpha value is -1.33. The van der Waals surface area contributed by atoms with Crippen LogP contribution in [0.2, 0.25) is 0 Å². The molecule has 2 unspecified atom stereocenters. The predicted molar refractivity (Wildman–Crippen MR) is 79.4 cm³/mol. The Morgan fingerprint density at radius 3 is 2.90 bits per heavy atom. The van der Waals surface area contributed by atoms with Crippen LogP contribution in [-0.2, 0) is 9.84 Å². The summed E-state index contributed by atoms with van der Waals surface area (Å²) in [6.07, 6.45) is 1.65. The lowest BCUT2D eigenvalue weighted by molar-refractivity contribution is 0.391. The Morgan fingerprint density at radius 2 is 2.15 bits per heavy atom. The van der Waals surface area contributed by atoms with E-state index in [1.54, 1.807) is 0 Å². The lowest BCUT2D eigenvalue weighted by Crippen LogP contribution is -2.41. The number of sulfone groups is 1. The van der Waals surface area contributed by atoms with Crippen molar-refractivity contribution in [2.24, 2.45) is 0 Å². The van der Waals surface area contributed by atoms with Gasteiger partial charge in [-0.15, -0.1) is 0 Å². The summed E-state index contributed by atoms with van der Waals surface area (Å²) in [5, 5.41) is 4.46. The Bertz CT molecular complexity index is 672. The van der Waals surface area contributed by atoms with Gasteiger partial charge < -0.3 is 9.73 Å². The Labute approximate surface area is 119 Å². The monoisotopic (exact) mass is 293 g/mol. The molecule has 0 bridgehead atoms. The maximum atomic E-state index is 11.7. The highest BCUT2D eigenvalue weighted by Gasteiger charge is 2.26. The second-order valence-electron chi connectivity index (χ2n) is 5.53. The number of hydrogen-bond donors (Lipinski definition) is 1. The number of para-hydroxylation sites is 1. The van der Waals surface area contributed by atoms with Gasteiger partial charge in [0, 0.05) is 11.4 Å². The summed E-state index contributed by atoms with van der Waals surface area (Å²) < 4.78 is 29.1. The second kappa shape index (κ2) is 5.22. The molecule has 4 nitrogen and oxygen atoms in total. The van der Waals surface area contributed by atoms with E-state index in [2.05, 4.69) is 5.32 Å². The molecule has 2 heterocycles. The Balaban J connectivity index is 1.74. The van der Waals surface area contributed by atoms with Crippen LogP contribution in [0.1, 0.15) is 31.6 Å². The Morgan fingerprint density at radius 1 is 1.35 bits per heavy atom. The largest absolute Gasteiger partial charge is 0.459 e. The molecule has 1 fully saturated rings. The van der Waals surface area contributed by atoms with E-state index < -0.39 is 9.84 Å². The third kappa shape index (κ3) is 2.88. The van der Waals surface area contributed by atoms with Crippen LogP contribution in [0, 0.1) is 0 Å². The van der Waals surface area contributed by atoms with Gasteiger partial charge in [0.05, 0.1) is 17.5 Å². The number of nitrogens with one attached hydrogen (secondary N) is 1. The Kier molecular flexibility index (Phi) is 3.56. The van der Waals surface area contributed by atoms with E-state index in [0.717, 1.165) is 29.6 Å². The van der Waals surface area contributed by atoms with Gasteiger partial charge in [0.25, 0.3) is 0 Å². The number of hydrogen-bond acceptors (Lipinski definition) is 4. The SMILES string of the molecule is CC(NC1CCCS(=O)(=O)C1)c1cc2ccccc2o1. The van der Waals surface area contributed by atoms with Crippen LogP contribution in [0.4, 0.5) is 0 Å². The molecule has 108 valence electrons. The van der Waals surface area contributed by atoms with Crippen LogP contribution < -0.4 is 5.32 Å². The molecule has 0 aliphatic carbocycles. The van der Waals surface area contributed by atoms with E-state index >= 15 is 0 Å². The fraction of sp³-hybridized carbons (Fsp3) is 0.467. The van der Waals surface area contributed by atoms with Crippen LogP contribution in [0.15, 0.2) is 34.7 Å². The van der Waals surface area contributed by atoms with Gasteiger partial charge in [0.2, 0.25) is 0 Å². The number of fused-ring (bicyclic) bond motifs is 1. The fourth-order valence-electron chi connectivity index (χ4n) is 2.81. The van der Waals surface area contributed by atoms with E-state index in [1.165, 1.54) is 0 Å². The maximum Gasteiger partial charge on any atom is 0.151 e. The number of rotatable bonds is 3. The summed E-state index contributed by atoms with van der Waals surface area (Å²) >= 11 is 0. The van der Waals surface area contributed by atoms with Crippen LogP contribution in [0.25, 0.3) is 11.0 Å². The van der Waals surface area contributed by atoms with E-state index in [-0.39, 0.29) is 17.8 Å². The molecule has 1 N–H and O–H groups in total. The van der Waals surface area contributed by atoms with Crippen molar-refractivity contribution in [1.29, 1.82) is 0 Å². The summed E-state index contributed by atoms with van der Waals surface area (Å²) in [6.45, 7) is 2.01. The first-order valence-electron chi connectivity index (χ1n) is 6.98. The number of benzene rings is 1. The van der Waals surface area contributed by atoms with Gasteiger partial charge in [-0.25, -0.2) is 8.42 Å². The van der Waals surface area contributed by atoms with Gasteiger partial charge in [-0.2, -0.15) is 0 Å². The zero-order chi connectivity index (χ0) is 14.2. The lowest BCUT2D eigenvalue weighted by Gasteiger charge is -2.25. The van der Waals surface area contributed by atoms with Gasteiger partial charge in [-0.05, 0) is 31.9 Å². The summed E-state index contributed by atoms with van der Waals surface area (Å²) in [5.74, 6) is 1.41. The average molecular weight is 293 g/mol. The first-order chi connectivity index (χ1) is 9.53. The summed E-state index contributed by atoms with van der Waals surface area (Å²) in [5.41, 5.74) is 0.868. The third-order valence-electron chi connectivity index (χ3n) is 3.82. The molecule has 0 radical (unpaired) electrons. The molecule has 5 heteroatoms. The van der Waals surface area contributed by atoms with E-state index in [4.69, 9.17) is 4.42 Å². The zero-order valence-corrected chi connectivity index (χ0v) is 12.3. The van der Waals surface area contributed by atoms with Crippen LogP contribution >= 0.6 is 0 Å². The summed E-state index contributed by atoms with van der Waals surface area (Å²) in [6, 6.07) is 9.94. The molecule has 1 saturated heterocycles. The molecular weight excluding hydrogens is 274 g/mol. The highest BCUT2D eigenvalue weighted by atomic mass is 32.2. The summed E-state index contributed by atoms with van der Waals surface area (Å²) in [4.78, 5) is 0. The minimum atomic E-state index is -2.88. The molecule has 1 aromatic carbocycles. The third-order valence-corrected chi connectivity index (χ3v) is 5.64. The molecule has 1 aliphatic rings. The number of furan rings is 1. The molecule has 0 saturated carbocycles. The minimum absolute atomic E-state index is 0.0145. The zero-order valence-electron chi connectivity index (χ0n) is 11.5. The topological polar surface area (TPSA) is 59.3 Å². The van der Waals surface area contributed by atoms with Gasteiger partial charge in [0.1, 0.15) is 11.3 Å². The fourth-order valence-corrected chi connectivity index (χ4v) is 4.45. The molecule has 0 spiro atoms. The molecule has 2 aromatic rings. The molecular formula is C15H19NO3S. The van der Waals surface area contributed by atoms with Crippen molar-refractivity contribution >= 4 is 20.8 Å². The van der Waals surface area contributed by atoms with Gasteiger partial charge in [-0.3, -0.25) is 0 Å². The average Bonchev–Trinajstić information content (AvgIpc) is 2.81.